The maximum absolute atomic E-state index is 12.3. The van der Waals surface area contributed by atoms with E-state index in [1.165, 1.54) is 4.90 Å². The molecule has 2 atom stereocenters. The minimum absolute atomic E-state index is 0.120. The molecule has 3 amide bonds. The molecule has 2 rings (SSSR count). The molecule has 6 nitrogen and oxygen atoms in total. The topological polar surface area (TPSA) is 75.7 Å². The summed E-state index contributed by atoms with van der Waals surface area (Å²) >= 11 is 0. The molecule has 1 fully saturated rings. The van der Waals surface area contributed by atoms with Crippen LogP contribution >= 0.6 is 0 Å². The lowest BCUT2D eigenvalue weighted by Crippen LogP contribution is -2.60. The lowest BCUT2D eigenvalue weighted by Gasteiger charge is -2.33. The van der Waals surface area contributed by atoms with Crippen LogP contribution in [0.15, 0.2) is 30.3 Å². The minimum Gasteiger partial charge on any atom is -0.364 e. The van der Waals surface area contributed by atoms with Gasteiger partial charge in [-0.05, 0) is 19.4 Å². The maximum Gasteiger partial charge on any atom is 0.252 e. The Labute approximate surface area is 123 Å². The first-order chi connectivity index (χ1) is 9.99. The Bertz CT molecular complexity index is 544. The number of amides is 3. The summed E-state index contributed by atoms with van der Waals surface area (Å²) in [7, 11) is 0. The van der Waals surface area contributed by atoms with Crippen molar-refractivity contribution in [3.05, 3.63) is 35.9 Å². The van der Waals surface area contributed by atoms with Crippen molar-refractivity contribution in [2.24, 2.45) is 0 Å². The standard InChI is InChI=1S/C15H18N2O4/c1-10-14(19)16-13(18)8-17(10)15(20)11(2)21-9-12-6-4-3-5-7-12/h3-7,10-11H,8-9H2,1-2H3,(H,16,18,19). The average molecular weight is 290 g/mol. The smallest absolute Gasteiger partial charge is 0.252 e. The van der Waals surface area contributed by atoms with Gasteiger partial charge >= 0.3 is 0 Å². The molecule has 1 aromatic carbocycles. The predicted octanol–water partition coefficient (Wildman–Crippen LogP) is 0.465. The largest absolute Gasteiger partial charge is 0.364 e. The van der Waals surface area contributed by atoms with Crippen molar-refractivity contribution in [2.75, 3.05) is 6.54 Å². The number of nitrogens with one attached hydrogen (secondary N) is 1. The summed E-state index contributed by atoms with van der Waals surface area (Å²) in [6.07, 6.45) is -0.716. The third kappa shape index (κ3) is 3.66. The summed E-state index contributed by atoms with van der Waals surface area (Å²) in [6.45, 7) is 3.39. The van der Waals surface area contributed by atoms with E-state index in [0.717, 1.165) is 5.56 Å². The zero-order chi connectivity index (χ0) is 15.4. The Morgan fingerprint density at radius 3 is 2.71 bits per heavy atom. The first kappa shape index (κ1) is 15.2. The van der Waals surface area contributed by atoms with Gasteiger partial charge in [0.2, 0.25) is 11.8 Å². The predicted molar refractivity (Wildman–Crippen MR) is 75.0 cm³/mol. The molecular weight excluding hydrogens is 272 g/mol. The molecule has 0 radical (unpaired) electrons. The van der Waals surface area contributed by atoms with E-state index in [1.54, 1.807) is 13.8 Å². The number of hydrogen-bond acceptors (Lipinski definition) is 4. The number of hydrogen-bond donors (Lipinski definition) is 1. The lowest BCUT2D eigenvalue weighted by atomic mass is 10.1. The summed E-state index contributed by atoms with van der Waals surface area (Å²) in [5, 5.41) is 2.20. The number of rotatable bonds is 4. The second-order valence-corrected chi connectivity index (χ2v) is 4.99. The van der Waals surface area contributed by atoms with Crippen molar-refractivity contribution in [1.29, 1.82) is 0 Å². The molecule has 1 N–H and O–H groups in total. The molecule has 0 aliphatic carbocycles. The SMILES string of the molecule is CC(OCc1ccccc1)C(=O)N1CC(=O)NC(=O)C1C. The molecule has 6 heteroatoms. The van der Waals surface area contributed by atoms with Crippen molar-refractivity contribution in [3.63, 3.8) is 0 Å². The van der Waals surface area contributed by atoms with Gasteiger partial charge in [-0.3, -0.25) is 19.7 Å². The molecule has 0 saturated carbocycles. The molecule has 0 bridgehead atoms. The van der Waals surface area contributed by atoms with Crippen LogP contribution in [0.1, 0.15) is 19.4 Å². The monoisotopic (exact) mass is 290 g/mol. The van der Waals surface area contributed by atoms with Crippen molar-refractivity contribution in [2.45, 2.75) is 32.6 Å². The lowest BCUT2D eigenvalue weighted by molar-refractivity contribution is -0.156. The Hall–Kier alpha value is -2.21. The van der Waals surface area contributed by atoms with Crippen LogP contribution in [0.2, 0.25) is 0 Å². The molecule has 21 heavy (non-hydrogen) atoms. The number of piperazine rings is 1. The molecule has 1 aliphatic rings. The Balaban J connectivity index is 1.95. The van der Waals surface area contributed by atoms with Gasteiger partial charge in [0.25, 0.3) is 5.91 Å². The number of carbonyl (C=O) groups excluding carboxylic acids is 3. The molecule has 112 valence electrons. The van der Waals surface area contributed by atoms with Crippen molar-refractivity contribution in [1.82, 2.24) is 10.2 Å². The van der Waals surface area contributed by atoms with Gasteiger partial charge in [-0.1, -0.05) is 30.3 Å². The van der Waals surface area contributed by atoms with E-state index in [9.17, 15) is 14.4 Å². The van der Waals surface area contributed by atoms with Crippen LogP contribution in [0.25, 0.3) is 0 Å². The third-order valence-corrected chi connectivity index (χ3v) is 3.40. The van der Waals surface area contributed by atoms with Crippen LogP contribution in [0.3, 0.4) is 0 Å². The Morgan fingerprint density at radius 2 is 2.05 bits per heavy atom. The zero-order valence-corrected chi connectivity index (χ0v) is 12.0. The van der Waals surface area contributed by atoms with Gasteiger partial charge in [-0.2, -0.15) is 0 Å². The highest BCUT2D eigenvalue weighted by atomic mass is 16.5. The van der Waals surface area contributed by atoms with E-state index in [1.807, 2.05) is 30.3 Å². The number of benzene rings is 1. The molecule has 1 heterocycles. The van der Waals surface area contributed by atoms with Gasteiger partial charge < -0.3 is 9.64 Å². The van der Waals surface area contributed by atoms with Gasteiger partial charge in [0.05, 0.1) is 6.61 Å². The molecule has 1 aromatic rings. The number of ether oxygens (including phenoxy) is 1. The highest BCUT2D eigenvalue weighted by Gasteiger charge is 2.35. The summed E-state index contributed by atoms with van der Waals surface area (Å²) in [5.74, 6) is -1.29. The van der Waals surface area contributed by atoms with Gasteiger partial charge in [0, 0.05) is 0 Å². The summed E-state index contributed by atoms with van der Waals surface area (Å²) < 4.78 is 5.53. The molecule has 0 spiro atoms. The summed E-state index contributed by atoms with van der Waals surface area (Å²) in [6, 6.07) is 8.81. The van der Waals surface area contributed by atoms with Crippen molar-refractivity contribution >= 4 is 17.7 Å². The Kier molecular flexibility index (Phi) is 4.70. The molecular formula is C15H18N2O4. The van der Waals surface area contributed by atoms with Crippen LogP contribution in [-0.2, 0) is 25.7 Å². The van der Waals surface area contributed by atoms with E-state index in [-0.39, 0.29) is 12.5 Å². The fourth-order valence-electron chi connectivity index (χ4n) is 2.08. The molecule has 1 aliphatic heterocycles. The quantitative estimate of drug-likeness (QED) is 0.818. The first-order valence-electron chi connectivity index (χ1n) is 6.78. The molecule has 2 unspecified atom stereocenters. The zero-order valence-electron chi connectivity index (χ0n) is 12.0. The number of carbonyl (C=O) groups is 3. The van der Waals surface area contributed by atoms with Crippen LogP contribution in [-0.4, -0.2) is 41.3 Å². The van der Waals surface area contributed by atoms with E-state index in [4.69, 9.17) is 4.74 Å². The van der Waals surface area contributed by atoms with Crippen LogP contribution < -0.4 is 5.32 Å². The number of imide groups is 1. The molecule has 0 aromatic heterocycles. The summed E-state index contributed by atoms with van der Waals surface area (Å²) in [4.78, 5) is 36.5. The van der Waals surface area contributed by atoms with Crippen molar-refractivity contribution in [3.8, 4) is 0 Å². The van der Waals surface area contributed by atoms with E-state index < -0.39 is 24.0 Å². The van der Waals surface area contributed by atoms with E-state index in [2.05, 4.69) is 5.32 Å². The minimum atomic E-state index is -0.716. The van der Waals surface area contributed by atoms with Crippen LogP contribution in [0, 0.1) is 0 Å². The highest BCUT2D eigenvalue weighted by molar-refractivity contribution is 6.04. The van der Waals surface area contributed by atoms with Crippen molar-refractivity contribution < 1.29 is 19.1 Å². The normalized spacial score (nSPS) is 20.1. The van der Waals surface area contributed by atoms with Gasteiger partial charge in [0.15, 0.2) is 0 Å². The second kappa shape index (κ2) is 6.49. The summed E-state index contributed by atoms with van der Waals surface area (Å²) in [5.41, 5.74) is 0.956. The second-order valence-electron chi connectivity index (χ2n) is 4.99. The average Bonchev–Trinajstić information content (AvgIpc) is 2.48. The van der Waals surface area contributed by atoms with Crippen LogP contribution in [0.5, 0.6) is 0 Å². The fourth-order valence-corrected chi connectivity index (χ4v) is 2.08. The maximum atomic E-state index is 12.3. The highest BCUT2D eigenvalue weighted by Crippen LogP contribution is 2.10. The molecule has 1 saturated heterocycles. The van der Waals surface area contributed by atoms with Gasteiger partial charge in [0.1, 0.15) is 18.7 Å². The van der Waals surface area contributed by atoms with Gasteiger partial charge in [-0.15, -0.1) is 0 Å². The van der Waals surface area contributed by atoms with Crippen LogP contribution in [0.4, 0.5) is 0 Å². The van der Waals surface area contributed by atoms with Gasteiger partial charge in [-0.25, -0.2) is 0 Å². The van der Waals surface area contributed by atoms with E-state index in [0.29, 0.717) is 6.61 Å². The van der Waals surface area contributed by atoms with E-state index >= 15 is 0 Å². The Morgan fingerprint density at radius 1 is 1.38 bits per heavy atom. The fraction of sp³-hybridized carbons (Fsp3) is 0.400. The number of nitrogens with zero attached hydrogens (tertiary/aromatic N) is 1. The first-order valence-corrected chi connectivity index (χ1v) is 6.78. The third-order valence-electron chi connectivity index (χ3n) is 3.40.